The first kappa shape index (κ1) is 14.3. The number of nitrogens with zero attached hydrogens (tertiary/aromatic N) is 1. The number of amides is 1. The van der Waals surface area contributed by atoms with E-state index in [0.29, 0.717) is 18.1 Å². The highest BCUT2D eigenvalue weighted by Gasteiger charge is 2.25. The van der Waals surface area contributed by atoms with Gasteiger partial charge in [-0.3, -0.25) is 9.69 Å². The van der Waals surface area contributed by atoms with Crippen LogP contribution in [-0.2, 0) is 11.3 Å². The monoisotopic (exact) mass is 282 g/mol. The molecule has 0 aliphatic carbocycles. The number of carbonyl (C=O) groups excluding carboxylic acids is 1. The number of aliphatic hydroxyl groups excluding tert-OH is 1. The lowest BCUT2D eigenvalue weighted by Gasteiger charge is -2.21. The summed E-state index contributed by atoms with van der Waals surface area (Å²) in [6.07, 6.45) is 2.02. The Morgan fingerprint density at radius 1 is 1.42 bits per heavy atom. The van der Waals surface area contributed by atoms with Gasteiger partial charge in [-0.15, -0.1) is 0 Å². The quantitative estimate of drug-likeness (QED) is 0.859. The lowest BCUT2D eigenvalue weighted by atomic mass is 10.2. The van der Waals surface area contributed by atoms with E-state index in [0.717, 1.165) is 24.9 Å². The fourth-order valence-electron chi connectivity index (χ4n) is 2.35. The lowest BCUT2D eigenvalue weighted by molar-refractivity contribution is -0.122. The fourth-order valence-corrected chi connectivity index (χ4v) is 2.48. The van der Waals surface area contributed by atoms with Crippen LogP contribution in [0.2, 0.25) is 5.02 Å². The molecule has 0 spiro atoms. The normalized spacial score (nSPS) is 19.6. The van der Waals surface area contributed by atoms with Crippen molar-refractivity contribution < 1.29 is 9.90 Å². The lowest BCUT2D eigenvalue weighted by Crippen LogP contribution is -2.40. The number of halogens is 1. The summed E-state index contributed by atoms with van der Waals surface area (Å²) in [4.78, 5) is 13.9. The van der Waals surface area contributed by atoms with Crippen LogP contribution in [0.4, 0.5) is 0 Å². The summed E-state index contributed by atoms with van der Waals surface area (Å²) in [6, 6.07) is 7.56. The van der Waals surface area contributed by atoms with Gasteiger partial charge >= 0.3 is 0 Å². The SMILES string of the molecule is O=C(CN1CCC[C@@H]1CO)NCc1ccc(Cl)cc1. The number of nitrogens with one attached hydrogen (secondary N) is 1. The second-order valence-electron chi connectivity index (χ2n) is 4.85. The van der Waals surface area contributed by atoms with Crippen LogP contribution in [0, 0.1) is 0 Å². The van der Waals surface area contributed by atoms with E-state index in [4.69, 9.17) is 11.6 Å². The molecule has 0 radical (unpaired) electrons. The summed E-state index contributed by atoms with van der Waals surface area (Å²) in [5, 5.41) is 12.8. The number of rotatable bonds is 5. The van der Waals surface area contributed by atoms with Gasteiger partial charge in [-0.05, 0) is 37.1 Å². The van der Waals surface area contributed by atoms with Crippen LogP contribution >= 0.6 is 11.6 Å². The van der Waals surface area contributed by atoms with E-state index >= 15 is 0 Å². The zero-order chi connectivity index (χ0) is 13.7. The molecular weight excluding hydrogens is 264 g/mol. The molecule has 1 heterocycles. The van der Waals surface area contributed by atoms with E-state index in [1.54, 1.807) is 0 Å². The van der Waals surface area contributed by atoms with Gasteiger partial charge in [-0.2, -0.15) is 0 Å². The first-order valence-electron chi connectivity index (χ1n) is 6.55. The van der Waals surface area contributed by atoms with E-state index in [1.807, 2.05) is 29.2 Å². The molecule has 5 heteroatoms. The molecule has 1 atom stereocenters. The Bertz CT molecular complexity index is 422. The van der Waals surface area contributed by atoms with Crippen LogP contribution < -0.4 is 5.32 Å². The molecule has 104 valence electrons. The van der Waals surface area contributed by atoms with Crippen molar-refractivity contribution in [2.75, 3.05) is 19.7 Å². The summed E-state index contributed by atoms with van der Waals surface area (Å²) in [5.41, 5.74) is 1.03. The number of hydrogen-bond donors (Lipinski definition) is 2. The smallest absolute Gasteiger partial charge is 0.234 e. The van der Waals surface area contributed by atoms with Gasteiger partial charge in [0.1, 0.15) is 0 Å². The topological polar surface area (TPSA) is 52.6 Å². The molecule has 1 amide bonds. The number of carbonyl (C=O) groups is 1. The molecule has 1 aromatic carbocycles. The first-order valence-corrected chi connectivity index (χ1v) is 6.93. The van der Waals surface area contributed by atoms with Gasteiger partial charge in [-0.1, -0.05) is 23.7 Å². The summed E-state index contributed by atoms with van der Waals surface area (Å²) in [7, 11) is 0. The maximum Gasteiger partial charge on any atom is 0.234 e. The highest BCUT2D eigenvalue weighted by molar-refractivity contribution is 6.30. The minimum absolute atomic E-state index is 0.00435. The second kappa shape index (κ2) is 6.89. The van der Waals surface area contributed by atoms with Crippen LogP contribution in [-0.4, -0.2) is 41.7 Å². The van der Waals surface area contributed by atoms with Gasteiger partial charge in [0.2, 0.25) is 5.91 Å². The Hall–Kier alpha value is -1.10. The number of likely N-dealkylation sites (tertiary alicyclic amines) is 1. The maximum atomic E-state index is 11.8. The fraction of sp³-hybridized carbons (Fsp3) is 0.500. The molecular formula is C14H19ClN2O2. The van der Waals surface area contributed by atoms with Gasteiger partial charge in [0.15, 0.2) is 0 Å². The molecule has 0 aromatic heterocycles. The molecule has 0 saturated carbocycles. The Morgan fingerprint density at radius 3 is 2.84 bits per heavy atom. The summed E-state index contributed by atoms with van der Waals surface area (Å²) >= 11 is 5.80. The Balaban J connectivity index is 1.77. The molecule has 4 nitrogen and oxygen atoms in total. The molecule has 1 aliphatic heterocycles. The third-order valence-electron chi connectivity index (χ3n) is 3.46. The van der Waals surface area contributed by atoms with Crippen molar-refractivity contribution in [3.8, 4) is 0 Å². The molecule has 1 saturated heterocycles. The molecule has 1 aliphatic rings. The minimum atomic E-state index is -0.00435. The average molecular weight is 283 g/mol. The van der Waals surface area contributed by atoms with Crippen LogP contribution in [0.3, 0.4) is 0 Å². The Morgan fingerprint density at radius 2 is 2.16 bits per heavy atom. The predicted octanol–water partition coefficient (Wildman–Crippen LogP) is 1.41. The van der Waals surface area contributed by atoms with Crippen molar-refractivity contribution in [1.82, 2.24) is 10.2 Å². The van der Waals surface area contributed by atoms with Crippen molar-refractivity contribution in [3.63, 3.8) is 0 Å². The van der Waals surface area contributed by atoms with Crippen LogP contribution in [0.5, 0.6) is 0 Å². The van der Waals surface area contributed by atoms with E-state index < -0.39 is 0 Å². The van der Waals surface area contributed by atoms with Crippen molar-refractivity contribution in [2.45, 2.75) is 25.4 Å². The molecule has 1 aromatic rings. The highest BCUT2D eigenvalue weighted by atomic mass is 35.5. The highest BCUT2D eigenvalue weighted by Crippen LogP contribution is 2.15. The van der Waals surface area contributed by atoms with E-state index in [9.17, 15) is 9.90 Å². The third kappa shape index (κ3) is 4.20. The molecule has 19 heavy (non-hydrogen) atoms. The third-order valence-corrected chi connectivity index (χ3v) is 3.71. The largest absolute Gasteiger partial charge is 0.395 e. The Kier molecular flexibility index (Phi) is 5.19. The van der Waals surface area contributed by atoms with Gasteiger partial charge in [0, 0.05) is 17.6 Å². The number of benzene rings is 1. The van der Waals surface area contributed by atoms with Gasteiger partial charge < -0.3 is 10.4 Å². The van der Waals surface area contributed by atoms with Crippen molar-refractivity contribution in [2.24, 2.45) is 0 Å². The van der Waals surface area contributed by atoms with Crippen molar-refractivity contribution in [1.29, 1.82) is 0 Å². The van der Waals surface area contributed by atoms with E-state index in [-0.39, 0.29) is 18.6 Å². The van der Waals surface area contributed by atoms with Gasteiger partial charge in [0.25, 0.3) is 0 Å². The molecule has 0 bridgehead atoms. The average Bonchev–Trinajstić information content (AvgIpc) is 2.85. The Labute approximate surface area is 118 Å². The molecule has 2 rings (SSSR count). The number of hydrogen-bond acceptors (Lipinski definition) is 3. The summed E-state index contributed by atoms with van der Waals surface area (Å²) in [6.45, 7) is 1.89. The van der Waals surface area contributed by atoms with Crippen molar-refractivity contribution in [3.05, 3.63) is 34.9 Å². The number of aliphatic hydroxyl groups is 1. The predicted molar refractivity (Wildman–Crippen MR) is 75.0 cm³/mol. The van der Waals surface area contributed by atoms with E-state index in [2.05, 4.69) is 5.32 Å². The summed E-state index contributed by atoms with van der Waals surface area (Å²) in [5.74, 6) is -0.00435. The zero-order valence-electron chi connectivity index (χ0n) is 10.8. The van der Waals surface area contributed by atoms with Crippen LogP contribution in [0.15, 0.2) is 24.3 Å². The minimum Gasteiger partial charge on any atom is -0.395 e. The standard InChI is InChI=1S/C14H19ClN2O2/c15-12-5-3-11(4-6-12)8-16-14(19)9-17-7-1-2-13(17)10-18/h3-6,13,18H,1-2,7-10H2,(H,16,19)/t13-/m1/s1. The van der Waals surface area contributed by atoms with Crippen LogP contribution in [0.25, 0.3) is 0 Å². The van der Waals surface area contributed by atoms with E-state index in [1.165, 1.54) is 0 Å². The maximum absolute atomic E-state index is 11.8. The zero-order valence-corrected chi connectivity index (χ0v) is 11.6. The van der Waals surface area contributed by atoms with Gasteiger partial charge in [-0.25, -0.2) is 0 Å². The molecule has 2 N–H and O–H groups in total. The van der Waals surface area contributed by atoms with Crippen molar-refractivity contribution >= 4 is 17.5 Å². The molecule has 1 fully saturated rings. The second-order valence-corrected chi connectivity index (χ2v) is 5.29. The first-order chi connectivity index (χ1) is 9.19. The van der Waals surface area contributed by atoms with Crippen LogP contribution in [0.1, 0.15) is 18.4 Å². The van der Waals surface area contributed by atoms with Gasteiger partial charge in [0.05, 0.1) is 13.2 Å². The summed E-state index contributed by atoms with van der Waals surface area (Å²) < 4.78 is 0. The molecule has 0 unspecified atom stereocenters.